The van der Waals surface area contributed by atoms with Gasteiger partial charge >= 0.3 is 0 Å². The van der Waals surface area contributed by atoms with Crippen LogP contribution in [-0.4, -0.2) is 55.9 Å². The zero-order valence-corrected chi connectivity index (χ0v) is 22.8. The molecule has 3 aromatic rings. The molecule has 2 aliphatic carbocycles. The molecular formula is C27H29F3N4O2S2. The van der Waals surface area contributed by atoms with Crippen molar-refractivity contribution in [1.82, 2.24) is 14.2 Å². The summed E-state index contributed by atoms with van der Waals surface area (Å²) in [5.74, 6) is -3.39. The Morgan fingerprint density at radius 1 is 1.26 bits per heavy atom. The number of halogens is 3. The summed E-state index contributed by atoms with van der Waals surface area (Å²) >= 11 is 1.53. The molecule has 3 fully saturated rings. The van der Waals surface area contributed by atoms with Crippen molar-refractivity contribution in [2.24, 2.45) is 9.78 Å². The molecule has 1 aliphatic heterocycles. The Bertz CT molecular complexity index is 1540. The maximum atomic E-state index is 14.4. The van der Waals surface area contributed by atoms with Gasteiger partial charge in [-0.1, -0.05) is 12.1 Å². The molecule has 1 amide bonds. The Balaban J connectivity index is 1.31. The third-order valence-corrected chi connectivity index (χ3v) is 11.7. The number of thiazole rings is 1. The van der Waals surface area contributed by atoms with Gasteiger partial charge in [-0.3, -0.25) is 4.79 Å². The topological polar surface area (TPSA) is 65.9 Å². The molecule has 38 heavy (non-hydrogen) atoms. The number of benzene rings is 2. The van der Waals surface area contributed by atoms with Crippen molar-refractivity contribution in [1.29, 1.82) is 0 Å². The van der Waals surface area contributed by atoms with Crippen LogP contribution in [0.3, 0.4) is 0 Å². The average molecular weight is 563 g/mol. The van der Waals surface area contributed by atoms with Gasteiger partial charge < -0.3 is 4.90 Å². The molecule has 0 radical (unpaired) electrons. The Morgan fingerprint density at radius 2 is 2.03 bits per heavy atom. The van der Waals surface area contributed by atoms with Gasteiger partial charge in [-0.05, 0) is 68.0 Å². The average Bonchev–Trinajstić information content (AvgIpc) is 3.27. The minimum Gasteiger partial charge on any atom is -0.334 e. The summed E-state index contributed by atoms with van der Waals surface area (Å²) in [6.07, 6.45) is 1.49. The number of rotatable bonds is 6. The van der Waals surface area contributed by atoms with Crippen LogP contribution in [0.25, 0.3) is 10.2 Å². The molecule has 0 bridgehead atoms. The predicted molar refractivity (Wildman–Crippen MR) is 141 cm³/mol. The number of nitrogens with zero attached hydrogens (tertiary/aromatic N) is 4. The molecule has 6 nitrogen and oxygen atoms in total. The van der Waals surface area contributed by atoms with Crippen molar-refractivity contribution in [3.8, 4) is 0 Å². The first-order valence-corrected chi connectivity index (χ1v) is 15.1. The number of aryl methyl sites for hydroxylation is 1. The largest absolute Gasteiger partial charge is 0.334 e. The van der Waals surface area contributed by atoms with Gasteiger partial charge in [-0.2, -0.15) is 0 Å². The van der Waals surface area contributed by atoms with Crippen molar-refractivity contribution in [2.75, 3.05) is 13.6 Å². The molecule has 1 spiro atoms. The van der Waals surface area contributed by atoms with Crippen molar-refractivity contribution >= 4 is 37.4 Å². The van der Waals surface area contributed by atoms with E-state index in [1.54, 1.807) is 33.8 Å². The standard InChI is InChI=1S/C27H29F3N4O2S2/c1-17-5-7-20(11-21(17)28)38(36,31-2)34-9-3-4-23(34)25(35)33(19-12-26(13-19)15-27(26,29)30)14-18-6-8-24-22(10-18)32-16-37-24/h5-8,10-11,16,19,23H,3-4,9,12-15H2,1-2H3/t19?,23-,26?,38+/m0/s1. The smallest absolute Gasteiger partial charge is 0.254 e. The van der Waals surface area contributed by atoms with E-state index >= 15 is 0 Å². The van der Waals surface area contributed by atoms with Crippen LogP contribution < -0.4 is 0 Å². The highest BCUT2D eigenvalue weighted by molar-refractivity contribution is 7.91. The van der Waals surface area contributed by atoms with Crippen molar-refractivity contribution in [2.45, 2.75) is 68.5 Å². The van der Waals surface area contributed by atoms with Gasteiger partial charge in [0.15, 0.2) is 0 Å². The molecule has 1 saturated heterocycles. The number of amides is 1. The first-order valence-electron chi connectivity index (χ1n) is 12.8. The summed E-state index contributed by atoms with van der Waals surface area (Å²) in [5.41, 5.74) is 2.90. The van der Waals surface area contributed by atoms with E-state index in [1.807, 2.05) is 18.2 Å². The van der Waals surface area contributed by atoms with Crippen LogP contribution in [0.2, 0.25) is 0 Å². The highest BCUT2D eigenvalue weighted by atomic mass is 32.2. The fraction of sp³-hybridized carbons (Fsp3) is 0.481. The monoisotopic (exact) mass is 562 g/mol. The number of carbonyl (C=O) groups is 1. The van der Waals surface area contributed by atoms with Gasteiger partial charge in [0.05, 0.1) is 20.6 Å². The fourth-order valence-corrected chi connectivity index (χ4v) is 8.80. The van der Waals surface area contributed by atoms with Crippen LogP contribution in [0.1, 0.15) is 43.2 Å². The molecular weight excluding hydrogens is 533 g/mol. The van der Waals surface area contributed by atoms with Crippen LogP contribution in [0.4, 0.5) is 13.2 Å². The third-order valence-electron chi connectivity index (χ3n) is 8.44. The maximum Gasteiger partial charge on any atom is 0.254 e. The summed E-state index contributed by atoms with van der Waals surface area (Å²) in [5, 5.41) is 0. The Morgan fingerprint density at radius 3 is 2.71 bits per heavy atom. The van der Waals surface area contributed by atoms with E-state index in [4.69, 9.17) is 0 Å². The number of hydrogen-bond donors (Lipinski definition) is 0. The van der Waals surface area contributed by atoms with E-state index in [0.29, 0.717) is 24.9 Å². The van der Waals surface area contributed by atoms with Gasteiger partial charge in [-0.15, -0.1) is 11.3 Å². The predicted octanol–water partition coefficient (Wildman–Crippen LogP) is 5.80. The zero-order chi connectivity index (χ0) is 26.9. The first-order chi connectivity index (χ1) is 18.1. The molecule has 2 saturated carbocycles. The number of fused-ring (bicyclic) bond motifs is 1. The van der Waals surface area contributed by atoms with Crippen LogP contribution >= 0.6 is 11.3 Å². The van der Waals surface area contributed by atoms with E-state index in [-0.39, 0.29) is 42.7 Å². The van der Waals surface area contributed by atoms with Gasteiger partial charge in [0, 0.05) is 38.0 Å². The lowest BCUT2D eigenvalue weighted by Crippen LogP contribution is -2.55. The Hall–Kier alpha value is -2.50. The second kappa shape index (κ2) is 9.02. The summed E-state index contributed by atoms with van der Waals surface area (Å²) < 4.78 is 63.5. The van der Waals surface area contributed by atoms with E-state index in [1.165, 1.54) is 24.5 Å². The minimum atomic E-state index is -3.25. The Labute approximate surface area is 224 Å². The molecule has 3 aliphatic rings. The molecule has 202 valence electrons. The fourth-order valence-electron chi connectivity index (χ4n) is 6.03. The van der Waals surface area contributed by atoms with Crippen molar-refractivity contribution < 1.29 is 22.2 Å². The van der Waals surface area contributed by atoms with Crippen LogP contribution in [0.15, 0.2) is 51.2 Å². The van der Waals surface area contributed by atoms with Crippen LogP contribution in [0.5, 0.6) is 0 Å². The third kappa shape index (κ3) is 4.05. The number of alkyl halides is 2. The summed E-state index contributed by atoms with van der Waals surface area (Å²) in [6, 6.07) is 9.15. The lowest BCUT2D eigenvalue weighted by Gasteiger charge is -2.45. The highest BCUT2D eigenvalue weighted by Gasteiger charge is 2.76. The number of aromatic nitrogens is 1. The molecule has 2 atom stereocenters. The van der Waals surface area contributed by atoms with E-state index in [2.05, 4.69) is 9.35 Å². The molecule has 11 heteroatoms. The zero-order valence-electron chi connectivity index (χ0n) is 21.2. The van der Waals surface area contributed by atoms with Gasteiger partial charge in [-0.25, -0.2) is 31.0 Å². The van der Waals surface area contributed by atoms with Crippen LogP contribution in [0, 0.1) is 18.2 Å². The summed E-state index contributed by atoms with van der Waals surface area (Å²) in [4.78, 5) is 20.4. The molecule has 1 aromatic heterocycles. The van der Waals surface area contributed by atoms with Crippen LogP contribution in [-0.2, 0) is 21.3 Å². The molecule has 6 rings (SSSR count). The SMILES string of the molecule is CN=[S@](=O)(c1ccc(C)c(F)c1)N1CCC[C@H]1C(=O)N(Cc1ccc2scnc2c1)C1CC2(C1)CC2(F)F. The second-order valence-corrected chi connectivity index (χ2v) is 13.9. The molecule has 2 aromatic carbocycles. The summed E-state index contributed by atoms with van der Waals surface area (Å²) in [6.45, 7) is 2.25. The summed E-state index contributed by atoms with van der Waals surface area (Å²) in [7, 11) is -1.82. The van der Waals surface area contributed by atoms with E-state index in [9.17, 15) is 22.2 Å². The van der Waals surface area contributed by atoms with Crippen molar-refractivity contribution in [3.63, 3.8) is 0 Å². The van der Waals surface area contributed by atoms with Gasteiger partial charge in [0.1, 0.15) is 21.8 Å². The number of carbonyl (C=O) groups excluding carboxylic acids is 1. The van der Waals surface area contributed by atoms with Gasteiger partial charge in [0.25, 0.3) is 5.92 Å². The molecule has 0 N–H and O–H groups in total. The van der Waals surface area contributed by atoms with Crippen molar-refractivity contribution in [3.05, 3.63) is 58.9 Å². The molecule has 2 heterocycles. The molecule has 0 unspecified atom stereocenters. The first kappa shape index (κ1) is 25.8. The second-order valence-electron chi connectivity index (χ2n) is 10.7. The lowest BCUT2D eigenvalue weighted by atomic mass is 9.75. The maximum absolute atomic E-state index is 14.4. The Kier molecular flexibility index (Phi) is 6.12. The number of hydrogen-bond acceptors (Lipinski definition) is 5. The highest BCUT2D eigenvalue weighted by Crippen LogP contribution is 2.71. The van der Waals surface area contributed by atoms with E-state index in [0.717, 1.165) is 15.8 Å². The minimum absolute atomic E-state index is 0.125. The quantitative estimate of drug-likeness (QED) is 0.382. The van der Waals surface area contributed by atoms with E-state index < -0.39 is 33.1 Å². The van der Waals surface area contributed by atoms with Gasteiger partial charge in [0.2, 0.25) is 5.91 Å². The lowest BCUT2D eigenvalue weighted by molar-refractivity contribution is -0.143. The normalized spacial score (nSPS) is 27.7.